The van der Waals surface area contributed by atoms with Gasteiger partial charge >= 0.3 is 0 Å². The van der Waals surface area contributed by atoms with Crippen LogP contribution in [0.5, 0.6) is 11.5 Å². The summed E-state index contributed by atoms with van der Waals surface area (Å²) in [6, 6.07) is 24.6. The van der Waals surface area contributed by atoms with Gasteiger partial charge in [-0.25, -0.2) is 0 Å². The lowest BCUT2D eigenvalue weighted by atomic mass is 9.95. The summed E-state index contributed by atoms with van der Waals surface area (Å²) in [5, 5.41) is 3.57. The van der Waals surface area contributed by atoms with Crippen LogP contribution >= 0.6 is 11.6 Å². The molecule has 0 unspecified atom stereocenters. The van der Waals surface area contributed by atoms with Gasteiger partial charge in [0.15, 0.2) is 5.75 Å². The molecule has 1 saturated carbocycles. The number of para-hydroxylation sites is 1. The predicted octanol–water partition coefficient (Wildman–Crippen LogP) is 5.80. The third kappa shape index (κ3) is 3.31. The zero-order valence-corrected chi connectivity index (χ0v) is 14.9. The maximum Gasteiger partial charge on any atom is 0.235 e. The van der Waals surface area contributed by atoms with Crippen molar-refractivity contribution in [1.82, 2.24) is 0 Å². The lowest BCUT2D eigenvalue weighted by Crippen LogP contribution is -2.27. The van der Waals surface area contributed by atoms with E-state index < -0.39 is 5.41 Å². The molecule has 130 valence electrons. The first-order valence-electron chi connectivity index (χ1n) is 8.57. The molecule has 1 aliphatic carbocycles. The summed E-state index contributed by atoms with van der Waals surface area (Å²) in [5.74, 6) is 1.25. The van der Waals surface area contributed by atoms with Crippen LogP contribution in [-0.2, 0) is 10.2 Å². The standard InChI is InChI=1S/C22H18ClNO2/c23-17-11-12-20(26-18-9-5-2-6-10-18)19(15-17)24-21(25)22(13-14-22)16-7-3-1-4-8-16/h1-12,15H,13-14H2,(H,24,25). The minimum Gasteiger partial charge on any atom is -0.455 e. The summed E-state index contributed by atoms with van der Waals surface area (Å²) in [7, 11) is 0. The zero-order chi connectivity index (χ0) is 18.0. The molecule has 0 spiro atoms. The van der Waals surface area contributed by atoms with Crippen LogP contribution in [0.3, 0.4) is 0 Å². The van der Waals surface area contributed by atoms with Crippen molar-refractivity contribution < 1.29 is 9.53 Å². The molecular weight excluding hydrogens is 346 g/mol. The van der Waals surface area contributed by atoms with E-state index in [1.807, 2.05) is 60.7 Å². The van der Waals surface area contributed by atoms with Gasteiger partial charge in [-0.2, -0.15) is 0 Å². The Kier molecular flexibility index (Phi) is 4.39. The molecule has 3 aromatic carbocycles. The maximum absolute atomic E-state index is 13.0. The molecular formula is C22H18ClNO2. The van der Waals surface area contributed by atoms with E-state index in [1.165, 1.54) is 0 Å². The summed E-state index contributed by atoms with van der Waals surface area (Å²) in [6.45, 7) is 0. The van der Waals surface area contributed by atoms with Gasteiger partial charge in [0.05, 0.1) is 11.1 Å². The molecule has 1 amide bonds. The van der Waals surface area contributed by atoms with Crippen LogP contribution in [0.4, 0.5) is 5.69 Å². The second kappa shape index (κ2) is 6.85. The Morgan fingerprint density at radius 2 is 1.58 bits per heavy atom. The van der Waals surface area contributed by atoms with E-state index in [0.29, 0.717) is 22.2 Å². The van der Waals surface area contributed by atoms with Crippen molar-refractivity contribution in [3.63, 3.8) is 0 Å². The Morgan fingerprint density at radius 3 is 2.23 bits per heavy atom. The van der Waals surface area contributed by atoms with Crippen LogP contribution in [0, 0.1) is 0 Å². The van der Waals surface area contributed by atoms with E-state index >= 15 is 0 Å². The van der Waals surface area contributed by atoms with Gasteiger partial charge in [0.2, 0.25) is 5.91 Å². The van der Waals surface area contributed by atoms with Gasteiger partial charge in [-0.1, -0.05) is 60.1 Å². The molecule has 0 aromatic heterocycles. The quantitative estimate of drug-likeness (QED) is 0.621. The molecule has 0 heterocycles. The Labute approximate surface area is 157 Å². The summed E-state index contributed by atoms with van der Waals surface area (Å²) in [4.78, 5) is 13.0. The number of anilines is 1. The van der Waals surface area contributed by atoms with Crippen molar-refractivity contribution >= 4 is 23.2 Å². The van der Waals surface area contributed by atoms with E-state index in [-0.39, 0.29) is 5.91 Å². The monoisotopic (exact) mass is 363 g/mol. The summed E-state index contributed by atoms with van der Waals surface area (Å²) in [5.41, 5.74) is 1.17. The van der Waals surface area contributed by atoms with E-state index in [0.717, 1.165) is 18.4 Å². The average Bonchev–Trinajstić information content (AvgIpc) is 3.48. The molecule has 4 heteroatoms. The highest BCUT2D eigenvalue weighted by molar-refractivity contribution is 6.31. The highest BCUT2D eigenvalue weighted by Gasteiger charge is 2.51. The second-order valence-corrected chi connectivity index (χ2v) is 6.89. The van der Waals surface area contributed by atoms with Gasteiger partial charge in [0.1, 0.15) is 5.75 Å². The van der Waals surface area contributed by atoms with Gasteiger partial charge in [0.25, 0.3) is 0 Å². The third-order valence-corrected chi connectivity index (χ3v) is 4.91. The molecule has 0 radical (unpaired) electrons. The zero-order valence-electron chi connectivity index (χ0n) is 14.1. The maximum atomic E-state index is 13.0. The minimum atomic E-state index is -0.451. The lowest BCUT2D eigenvalue weighted by Gasteiger charge is -2.18. The number of nitrogens with one attached hydrogen (secondary N) is 1. The third-order valence-electron chi connectivity index (χ3n) is 4.67. The van der Waals surface area contributed by atoms with Crippen molar-refractivity contribution in [2.75, 3.05) is 5.32 Å². The molecule has 0 aliphatic heterocycles. The molecule has 3 aromatic rings. The van der Waals surface area contributed by atoms with Crippen LogP contribution in [0.2, 0.25) is 5.02 Å². The molecule has 0 saturated heterocycles. The fraction of sp³-hybridized carbons (Fsp3) is 0.136. The van der Waals surface area contributed by atoms with Crippen molar-refractivity contribution in [3.05, 3.63) is 89.4 Å². The number of hydrogen-bond donors (Lipinski definition) is 1. The first kappa shape index (κ1) is 16.7. The predicted molar refractivity (Wildman–Crippen MR) is 104 cm³/mol. The number of ether oxygens (including phenoxy) is 1. The van der Waals surface area contributed by atoms with Gasteiger partial charge in [-0.15, -0.1) is 0 Å². The average molecular weight is 364 g/mol. The number of rotatable bonds is 5. The molecule has 1 aliphatic rings. The first-order chi connectivity index (χ1) is 12.7. The van der Waals surface area contributed by atoms with E-state index in [4.69, 9.17) is 16.3 Å². The minimum absolute atomic E-state index is 0.0242. The topological polar surface area (TPSA) is 38.3 Å². The summed E-state index contributed by atoms with van der Waals surface area (Å²) >= 11 is 6.14. The van der Waals surface area contributed by atoms with Crippen LogP contribution in [0.1, 0.15) is 18.4 Å². The fourth-order valence-corrected chi connectivity index (χ4v) is 3.25. The highest BCUT2D eigenvalue weighted by Crippen LogP contribution is 2.49. The molecule has 0 atom stereocenters. The Balaban J connectivity index is 1.60. The van der Waals surface area contributed by atoms with Gasteiger partial charge < -0.3 is 10.1 Å². The molecule has 0 bridgehead atoms. The van der Waals surface area contributed by atoms with Gasteiger partial charge in [-0.3, -0.25) is 4.79 Å². The molecule has 1 N–H and O–H groups in total. The molecule has 1 fully saturated rings. The number of hydrogen-bond acceptors (Lipinski definition) is 2. The van der Waals surface area contributed by atoms with Crippen LogP contribution in [-0.4, -0.2) is 5.91 Å². The number of halogens is 1. The van der Waals surface area contributed by atoms with Crippen LogP contribution in [0.15, 0.2) is 78.9 Å². The number of benzene rings is 3. The van der Waals surface area contributed by atoms with Crippen molar-refractivity contribution in [2.45, 2.75) is 18.3 Å². The SMILES string of the molecule is O=C(Nc1cc(Cl)ccc1Oc1ccccc1)C1(c2ccccc2)CC1. The smallest absolute Gasteiger partial charge is 0.235 e. The Morgan fingerprint density at radius 1 is 0.923 bits per heavy atom. The Bertz CT molecular complexity index is 921. The second-order valence-electron chi connectivity index (χ2n) is 6.46. The number of carbonyl (C=O) groups excluding carboxylic acids is 1. The van der Waals surface area contributed by atoms with Crippen molar-refractivity contribution in [3.8, 4) is 11.5 Å². The molecule has 3 nitrogen and oxygen atoms in total. The molecule has 4 rings (SSSR count). The lowest BCUT2D eigenvalue weighted by molar-refractivity contribution is -0.118. The number of carbonyl (C=O) groups is 1. The molecule has 26 heavy (non-hydrogen) atoms. The fourth-order valence-electron chi connectivity index (χ4n) is 3.08. The highest BCUT2D eigenvalue weighted by atomic mass is 35.5. The van der Waals surface area contributed by atoms with E-state index in [2.05, 4.69) is 5.32 Å². The van der Waals surface area contributed by atoms with Crippen LogP contribution in [0.25, 0.3) is 0 Å². The summed E-state index contributed by atoms with van der Waals surface area (Å²) in [6.07, 6.45) is 1.69. The Hall–Kier alpha value is -2.78. The first-order valence-corrected chi connectivity index (χ1v) is 8.95. The summed E-state index contributed by atoms with van der Waals surface area (Å²) < 4.78 is 5.93. The largest absolute Gasteiger partial charge is 0.455 e. The van der Waals surface area contributed by atoms with E-state index in [9.17, 15) is 4.79 Å². The van der Waals surface area contributed by atoms with Crippen molar-refractivity contribution in [1.29, 1.82) is 0 Å². The normalized spacial score (nSPS) is 14.5. The van der Waals surface area contributed by atoms with Gasteiger partial charge in [-0.05, 0) is 48.7 Å². The number of amides is 1. The van der Waals surface area contributed by atoms with Crippen LogP contribution < -0.4 is 10.1 Å². The van der Waals surface area contributed by atoms with E-state index in [1.54, 1.807) is 18.2 Å². The van der Waals surface area contributed by atoms with Crippen molar-refractivity contribution in [2.24, 2.45) is 0 Å². The van der Waals surface area contributed by atoms with Gasteiger partial charge in [0, 0.05) is 5.02 Å².